The quantitative estimate of drug-likeness (QED) is 0.828. The smallest absolute Gasteiger partial charge is 0.252 e. The minimum atomic E-state index is -3.44. The van der Waals surface area contributed by atoms with E-state index in [4.69, 9.17) is 11.6 Å². The average molecular weight is 360 g/mol. The zero-order valence-corrected chi connectivity index (χ0v) is 14.3. The molecule has 0 atom stereocenters. The van der Waals surface area contributed by atoms with E-state index in [1.54, 1.807) is 12.1 Å². The van der Waals surface area contributed by atoms with Gasteiger partial charge in [-0.3, -0.25) is 4.79 Å². The molecule has 0 radical (unpaired) electrons. The van der Waals surface area contributed by atoms with Gasteiger partial charge in [0.05, 0.1) is 6.54 Å². The lowest BCUT2D eigenvalue weighted by molar-refractivity contribution is 0.0951. The number of sulfonamides is 1. The predicted molar refractivity (Wildman–Crippen MR) is 85.6 cm³/mol. The number of nitrogens with zero attached hydrogens (tertiary/aromatic N) is 2. The number of nitrogens with one attached hydrogen (secondary N) is 1. The van der Waals surface area contributed by atoms with Crippen LogP contribution in [0.3, 0.4) is 0 Å². The molecule has 0 aromatic carbocycles. The van der Waals surface area contributed by atoms with Gasteiger partial charge in [0.2, 0.25) is 0 Å². The van der Waals surface area contributed by atoms with Gasteiger partial charge in [0.1, 0.15) is 9.36 Å². The molecule has 0 aliphatic carbocycles. The Morgan fingerprint density at radius 1 is 1.36 bits per heavy atom. The first-order valence-electron chi connectivity index (χ1n) is 6.21. The van der Waals surface area contributed by atoms with Gasteiger partial charge in [-0.25, -0.2) is 17.7 Å². The number of pyridine rings is 1. The van der Waals surface area contributed by atoms with Crippen molar-refractivity contribution in [1.29, 1.82) is 0 Å². The van der Waals surface area contributed by atoms with Gasteiger partial charge in [0.15, 0.2) is 0 Å². The highest BCUT2D eigenvalue weighted by molar-refractivity contribution is 7.91. The maximum atomic E-state index is 12.0. The molecule has 0 aliphatic heterocycles. The van der Waals surface area contributed by atoms with Gasteiger partial charge in [-0.15, -0.1) is 11.3 Å². The molecule has 0 fully saturated rings. The molecule has 22 heavy (non-hydrogen) atoms. The molecule has 6 nitrogen and oxygen atoms in total. The number of hydrogen-bond acceptors (Lipinski definition) is 5. The monoisotopic (exact) mass is 359 g/mol. The third kappa shape index (κ3) is 3.83. The molecule has 0 spiro atoms. The standard InChI is InChI=1S/C13H14ClN3O3S2/c1-17(2)22(19,20)12-4-3-10(21-12)8-16-13(18)9-5-6-15-11(14)7-9/h3-7H,8H2,1-2H3,(H,16,18). The number of hydrogen-bond donors (Lipinski definition) is 1. The maximum Gasteiger partial charge on any atom is 0.252 e. The van der Waals surface area contributed by atoms with Crippen LogP contribution in [0.25, 0.3) is 0 Å². The largest absolute Gasteiger partial charge is 0.347 e. The van der Waals surface area contributed by atoms with Crippen LogP contribution in [0.2, 0.25) is 5.15 Å². The summed E-state index contributed by atoms with van der Waals surface area (Å²) in [5.74, 6) is -0.297. The summed E-state index contributed by atoms with van der Waals surface area (Å²) in [6, 6.07) is 6.23. The van der Waals surface area contributed by atoms with Crippen molar-refractivity contribution < 1.29 is 13.2 Å². The number of amides is 1. The van der Waals surface area contributed by atoms with Gasteiger partial charge in [-0.05, 0) is 24.3 Å². The van der Waals surface area contributed by atoms with Crippen LogP contribution in [-0.4, -0.2) is 37.7 Å². The Morgan fingerprint density at radius 2 is 2.09 bits per heavy atom. The van der Waals surface area contributed by atoms with E-state index in [9.17, 15) is 13.2 Å². The Morgan fingerprint density at radius 3 is 2.73 bits per heavy atom. The van der Waals surface area contributed by atoms with Gasteiger partial charge in [-0.1, -0.05) is 11.6 Å². The molecule has 2 heterocycles. The average Bonchev–Trinajstić information content (AvgIpc) is 2.94. The molecule has 0 saturated carbocycles. The summed E-state index contributed by atoms with van der Waals surface area (Å²) < 4.78 is 25.3. The van der Waals surface area contributed by atoms with Gasteiger partial charge in [0.25, 0.3) is 15.9 Å². The van der Waals surface area contributed by atoms with Crippen LogP contribution in [0.15, 0.2) is 34.7 Å². The van der Waals surface area contributed by atoms with E-state index in [-0.39, 0.29) is 21.8 Å². The summed E-state index contributed by atoms with van der Waals surface area (Å²) in [7, 11) is -0.487. The first-order chi connectivity index (χ1) is 10.3. The molecule has 9 heteroatoms. The van der Waals surface area contributed by atoms with Crippen molar-refractivity contribution in [2.24, 2.45) is 0 Å². The number of rotatable bonds is 5. The Hall–Kier alpha value is -1.48. The van der Waals surface area contributed by atoms with Crippen LogP contribution in [0, 0.1) is 0 Å². The molecule has 2 rings (SSSR count). The lowest BCUT2D eigenvalue weighted by Gasteiger charge is -2.08. The third-order valence-corrected chi connectivity index (χ3v) is 6.36. The lowest BCUT2D eigenvalue weighted by Crippen LogP contribution is -2.22. The minimum absolute atomic E-state index is 0.239. The Balaban J connectivity index is 2.04. The maximum absolute atomic E-state index is 12.0. The highest BCUT2D eigenvalue weighted by Gasteiger charge is 2.19. The molecule has 2 aromatic rings. The Labute approximate surface area is 137 Å². The number of halogens is 1. The van der Waals surface area contributed by atoms with Gasteiger partial charge < -0.3 is 5.32 Å². The Kier molecular flexibility index (Phi) is 5.17. The number of carbonyl (C=O) groups is 1. The van der Waals surface area contributed by atoms with Crippen molar-refractivity contribution in [3.05, 3.63) is 46.1 Å². The fourth-order valence-corrected chi connectivity index (χ4v) is 4.22. The molecule has 1 amide bonds. The molecule has 0 unspecified atom stereocenters. The first kappa shape index (κ1) is 16.9. The van der Waals surface area contributed by atoms with Crippen molar-refractivity contribution in [3.63, 3.8) is 0 Å². The third-order valence-electron chi connectivity index (χ3n) is 2.78. The summed E-state index contributed by atoms with van der Waals surface area (Å²) in [6.07, 6.45) is 1.45. The number of carbonyl (C=O) groups excluding carboxylic acids is 1. The molecule has 2 aromatic heterocycles. The molecular weight excluding hydrogens is 346 g/mol. The zero-order valence-electron chi connectivity index (χ0n) is 11.9. The second-order valence-corrected chi connectivity index (χ2v) is 8.49. The second kappa shape index (κ2) is 6.74. The highest BCUT2D eigenvalue weighted by atomic mass is 35.5. The predicted octanol–water partition coefficient (Wildman–Crippen LogP) is 1.98. The van der Waals surface area contributed by atoms with Crippen molar-refractivity contribution in [3.8, 4) is 0 Å². The van der Waals surface area contributed by atoms with Crippen LogP contribution in [0.1, 0.15) is 15.2 Å². The second-order valence-electron chi connectivity index (χ2n) is 4.56. The van der Waals surface area contributed by atoms with E-state index in [0.29, 0.717) is 5.56 Å². The molecule has 0 saturated heterocycles. The summed E-state index contributed by atoms with van der Waals surface area (Å²) in [5.41, 5.74) is 0.401. The van der Waals surface area contributed by atoms with Gasteiger partial charge >= 0.3 is 0 Å². The van der Waals surface area contributed by atoms with Crippen molar-refractivity contribution in [1.82, 2.24) is 14.6 Å². The molecule has 1 N–H and O–H groups in total. The van der Waals surface area contributed by atoms with E-state index in [1.165, 1.54) is 32.4 Å². The minimum Gasteiger partial charge on any atom is -0.347 e. The normalized spacial score (nSPS) is 11.6. The van der Waals surface area contributed by atoms with Crippen LogP contribution < -0.4 is 5.32 Å². The fourth-order valence-electron chi connectivity index (χ4n) is 1.58. The van der Waals surface area contributed by atoms with Crippen LogP contribution in [0.4, 0.5) is 0 Å². The highest BCUT2D eigenvalue weighted by Crippen LogP contribution is 2.23. The zero-order chi connectivity index (χ0) is 16.3. The summed E-state index contributed by atoms with van der Waals surface area (Å²) in [4.78, 5) is 16.5. The number of thiophene rings is 1. The van der Waals surface area contributed by atoms with Crippen LogP contribution >= 0.6 is 22.9 Å². The summed E-state index contributed by atoms with van der Waals surface area (Å²) >= 11 is 6.85. The fraction of sp³-hybridized carbons (Fsp3) is 0.231. The topological polar surface area (TPSA) is 79.4 Å². The molecule has 118 valence electrons. The lowest BCUT2D eigenvalue weighted by atomic mass is 10.2. The van der Waals surface area contributed by atoms with Crippen molar-refractivity contribution in [2.45, 2.75) is 10.8 Å². The van der Waals surface area contributed by atoms with Crippen molar-refractivity contribution >= 4 is 38.9 Å². The van der Waals surface area contributed by atoms with E-state index in [2.05, 4.69) is 10.3 Å². The first-order valence-corrected chi connectivity index (χ1v) is 8.85. The summed E-state index contributed by atoms with van der Waals surface area (Å²) in [6.45, 7) is 0.242. The molecule has 0 aliphatic rings. The van der Waals surface area contributed by atoms with Crippen LogP contribution in [-0.2, 0) is 16.6 Å². The van der Waals surface area contributed by atoms with Crippen molar-refractivity contribution in [2.75, 3.05) is 14.1 Å². The number of aromatic nitrogens is 1. The van der Waals surface area contributed by atoms with Crippen LogP contribution in [0.5, 0.6) is 0 Å². The Bertz CT molecular complexity index is 787. The van der Waals surface area contributed by atoms with E-state index >= 15 is 0 Å². The van der Waals surface area contributed by atoms with E-state index in [0.717, 1.165) is 20.5 Å². The van der Waals surface area contributed by atoms with Gasteiger partial charge in [-0.2, -0.15) is 0 Å². The summed E-state index contributed by atoms with van der Waals surface area (Å²) in [5, 5.41) is 2.95. The molecule has 0 bridgehead atoms. The van der Waals surface area contributed by atoms with Gasteiger partial charge in [0, 0.05) is 30.7 Å². The molecular formula is C13H14ClN3O3S2. The van der Waals surface area contributed by atoms with E-state index < -0.39 is 10.0 Å². The van der Waals surface area contributed by atoms with E-state index in [1.807, 2.05) is 0 Å². The SMILES string of the molecule is CN(C)S(=O)(=O)c1ccc(CNC(=O)c2ccnc(Cl)c2)s1.